The number of ether oxygens (including phenoxy) is 3. The fraction of sp³-hybridized carbons (Fsp3) is 0.385. The molecule has 3 heterocycles. The minimum atomic E-state index is -1.06. The van der Waals surface area contributed by atoms with E-state index in [1.165, 1.54) is 32.1 Å². The number of anilines is 2. The van der Waals surface area contributed by atoms with E-state index in [2.05, 4.69) is 20.0 Å². The minimum absolute atomic E-state index is 0. The summed E-state index contributed by atoms with van der Waals surface area (Å²) < 4.78 is 13.8. The van der Waals surface area contributed by atoms with E-state index in [9.17, 15) is 19.2 Å². The molecule has 1 aliphatic heterocycles. The van der Waals surface area contributed by atoms with E-state index < -0.39 is 23.5 Å². The molecule has 2 fully saturated rings. The maximum Gasteiger partial charge on any atom is 0.519 e. The molecule has 0 unspecified atom stereocenters. The van der Waals surface area contributed by atoms with Crippen LogP contribution in [-0.2, 0) is 14.2 Å². The second kappa shape index (κ2) is 22.4. The Hall–Kier alpha value is -6.80. The fourth-order valence-corrected chi connectivity index (χ4v) is 7.46. The lowest BCUT2D eigenvalue weighted by Crippen LogP contribution is -2.29. The van der Waals surface area contributed by atoms with Crippen molar-refractivity contribution >= 4 is 57.3 Å². The molecule has 14 heteroatoms. The van der Waals surface area contributed by atoms with Gasteiger partial charge < -0.3 is 31.0 Å². The zero-order valence-electron chi connectivity index (χ0n) is 38.1. The molecule has 6 aromatic rings. The molecule has 0 bridgehead atoms. The predicted octanol–water partition coefficient (Wildman–Crippen LogP) is 10.9. The number of nitrogens with two attached hydrogens (primary N) is 2. The van der Waals surface area contributed by atoms with Gasteiger partial charge in [0.05, 0.1) is 33.5 Å². The molecule has 0 spiro atoms. The van der Waals surface area contributed by atoms with Crippen LogP contribution in [-0.4, -0.2) is 68.1 Å². The molecular formula is C52H63N7O7. The van der Waals surface area contributed by atoms with Crippen molar-refractivity contribution in [1.29, 1.82) is 0 Å². The molecule has 4 aromatic carbocycles. The maximum absolute atomic E-state index is 12.7. The van der Waals surface area contributed by atoms with Crippen LogP contribution in [0.3, 0.4) is 0 Å². The summed E-state index contributed by atoms with van der Waals surface area (Å²) in [5.41, 5.74) is 19.1. The molecule has 0 radical (unpaired) electrons. The molecule has 14 nitrogen and oxygen atoms in total. The van der Waals surface area contributed by atoms with Crippen molar-refractivity contribution in [1.82, 2.24) is 25.3 Å². The summed E-state index contributed by atoms with van der Waals surface area (Å²) in [6, 6.07) is 25.0. The number of aromatic nitrogens is 4. The van der Waals surface area contributed by atoms with Gasteiger partial charge in [0.1, 0.15) is 11.2 Å². The Labute approximate surface area is 387 Å². The third-order valence-electron chi connectivity index (χ3n) is 10.7. The Morgan fingerprint density at radius 2 is 0.909 bits per heavy atom. The quantitative estimate of drug-likeness (QED) is 0.0614. The van der Waals surface area contributed by atoms with Crippen LogP contribution in [0.25, 0.3) is 22.1 Å². The normalized spacial score (nSPS) is 14.3. The summed E-state index contributed by atoms with van der Waals surface area (Å²) >= 11 is 0. The number of fused-ring (bicyclic) bond motifs is 2. The number of rotatable bonds is 6. The van der Waals surface area contributed by atoms with Crippen LogP contribution >= 0.6 is 0 Å². The number of piperidine rings is 1. The Kier molecular flexibility index (Phi) is 17.0. The summed E-state index contributed by atoms with van der Waals surface area (Å²) in [6.45, 7) is 12.0. The highest BCUT2D eigenvalue weighted by atomic mass is 16.8. The smallest absolute Gasteiger partial charge is 0.428 e. The first kappa shape index (κ1) is 50.2. The van der Waals surface area contributed by atoms with E-state index in [1.54, 1.807) is 96.1 Å². The molecule has 1 saturated carbocycles. The first-order valence-electron chi connectivity index (χ1n) is 22.1. The maximum atomic E-state index is 12.7. The summed E-state index contributed by atoms with van der Waals surface area (Å²) in [7, 11) is 0. The first-order chi connectivity index (χ1) is 30.9. The van der Waals surface area contributed by atoms with Crippen molar-refractivity contribution in [3.8, 4) is 0 Å². The average Bonchev–Trinajstić information content (AvgIpc) is 3.28. The average molecular weight is 898 g/mol. The van der Waals surface area contributed by atoms with Gasteiger partial charge in [0.2, 0.25) is 0 Å². The van der Waals surface area contributed by atoms with E-state index in [0.29, 0.717) is 45.5 Å². The standard InChI is InChI=1S/C21H21N3O.C20H20N4O.C10H18O5.CH4/c22-17-9-6-15(7-10-17)21(25)16-8-11-18-19(12-16)24-20(13-23-18)14-4-2-1-3-5-14;21-16-4-1-14(2-5-16)20(25)15-3-6-17-18(11-15)24-19(12-23-17)13-7-9-22-10-8-13;1-9(2,3)14-7(11)13-8(12)15-10(4,5)6;/h6-14H,1-5,22H2;1-6,11-13,22H,7-10,21H2;1-6H3;1H4. The third-order valence-corrected chi connectivity index (χ3v) is 10.7. The van der Waals surface area contributed by atoms with Crippen molar-refractivity contribution < 1.29 is 33.4 Å². The van der Waals surface area contributed by atoms with Gasteiger partial charge in [0.15, 0.2) is 11.6 Å². The van der Waals surface area contributed by atoms with Crippen molar-refractivity contribution in [2.24, 2.45) is 0 Å². The van der Waals surface area contributed by atoms with Crippen LogP contribution in [0, 0.1) is 0 Å². The first-order valence-corrected chi connectivity index (χ1v) is 22.1. The van der Waals surface area contributed by atoms with Gasteiger partial charge in [0, 0.05) is 57.9 Å². The molecule has 1 saturated heterocycles. The topological polar surface area (TPSA) is 212 Å². The third kappa shape index (κ3) is 14.6. The second-order valence-electron chi connectivity index (χ2n) is 18.3. The summed E-state index contributed by atoms with van der Waals surface area (Å²) in [4.78, 5) is 66.1. The monoisotopic (exact) mass is 897 g/mol. The number of nitrogens with one attached hydrogen (secondary N) is 1. The molecule has 348 valence electrons. The molecule has 2 aliphatic rings. The lowest BCUT2D eigenvalue weighted by molar-refractivity contribution is -0.0294. The molecule has 5 N–H and O–H groups in total. The molecule has 8 rings (SSSR count). The summed E-state index contributed by atoms with van der Waals surface area (Å²) in [6.07, 6.45) is 10.0. The van der Waals surface area contributed by atoms with Crippen molar-refractivity contribution in [3.05, 3.63) is 131 Å². The van der Waals surface area contributed by atoms with Crippen LogP contribution in [0.4, 0.5) is 21.0 Å². The Morgan fingerprint density at radius 3 is 1.30 bits per heavy atom. The highest BCUT2D eigenvalue weighted by molar-refractivity contribution is 6.11. The molecule has 2 aromatic heterocycles. The van der Waals surface area contributed by atoms with Crippen LogP contribution in [0.15, 0.2) is 97.3 Å². The van der Waals surface area contributed by atoms with Gasteiger partial charge >= 0.3 is 12.3 Å². The van der Waals surface area contributed by atoms with Crippen molar-refractivity contribution in [3.63, 3.8) is 0 Å². The van der Waals surface area contributed by atoms with Crippen LogP contribution < -0.4 is 16.8 Å². The summed E-state index contributed by atoms with van der Waals surface area (Å²) in [5, 5.41) is 3.37. The number of nitrogens with zero attached hydrogens (tertiary/aromatic N) is 4. The summed E-state index contributed by atoms with van der Waals surface area (Å²) in [5.74, 6) is 0.888. The van der Waals surface area contributed by atoms with Crippen molar-refractivity contribution in [2.75, 3.05) is 24.6 Å². The van der Waals surface area contributed by atoms with E-state index in [1.807, 2.05) is 42.7 Å². The van der Waals surface area contributed by atoms with Crippen LogP contribution in [0.2, 0.25) is 0 Å². The van der Waals surface area contributed by atoms with Gasteiger partial charge in [-0.1, -0.05) is 26.7 Å². The van der Waals surface area contributed by atoms with Gasteiger partial charge in [-0.3, -0.25) is 19.6 Å². The minimum Gasteiger partial charge on any atom is -0.428 e. The Balaban J connectivity index is 0.000000191. The van der Waals surface area contributed by atoms with Gasteiger partial charge in [-0.2, -0.15) is 0 Å². The zero-order valence-corrected chi connectivity index (χ0v) is 38.1. The van der Waals surface area contributed by atoms with E-state index in [0.717, 1.165) is 59.4 Å². The lowest BCUT2D eigenvalue weighted by Gasteiger charge is -2.21. The Morgan fingerprint density at radius 1 is 0.530 bits per heavy atom. The van der Waals surface area contributed by atoms with Gasteiger partial charge in [-0.25, -0.2) is 19.6 Å². The van der Waals surface area contributed by atoms with E-state index >= 15 is 0 Å². The van der Waals surface area contributed by atoms with Gasteiger partial charge in [-0.15, -0.1) is 0 Å². The number of benzene rings is 4. The fourth-order valence-electron chi connectivity index (χ4n) is 7.46. The van der Waals surface area contributed by atoms with Crippen molar-refractivity contribution in [2.45, 2.75) is 117 Å². The Bertz CT molecular complexity index is 2430. The SMILES string of the molecule is C.CC(C)(C)OC(=O)OC(=O)OC(C)(C)C.Nc1ccc(C(=O)c2ccc3ncc(C4CCCCC4)nc3c2)cc1.Nc1ccc(C(=O)c2ccc3ncc(C4CCNCC4)nc3c2)cc1. The predicted molar refractivity (Wildman–Crippen MR) is 259 cm³/mol. The van der Waals surface area contributed by atoms with E-state index in [4.69, 9.17) is 30.9 Å². The highest BCUT2D eigenvalue weighted by Crippen LogP contribution is 2.32. The number of carbonyl (C=O) groups is 4. The number of hydrogen-bond donors (Lipinski definition) is 3. The number of nitrogen functional groups attached to an aromatic ring is 2. The van der Waals surface area contributed by atoms with Crippen LogP contribution in [0.5, 0.6) is 0 Å². The number of ketones is 2. The zero-order chi connectivity index (χ0) is 46.7. The van der Waals surface area contributed by atoms with Crippen LogP contribution in [0.1, 0.15) is 149 Å². The lowest BCUT2D eigenvalue weighted by atomic mass is 9.87. The molecular weight excluding hydrogens is 835 g/mol. The van der Waals surface area contributed by atoms with E-state index in [-0.39, 0.29) is 19.0 Å². The largest absolute Gasteiger partial charge is 0.519 e. The molecule has 0 atom stereocenters. The van der Waals surface area contributed by atoms with Gasteiger partial charge in [-0.05, 0) is 165 Å². The second-order valence-corrected chi connectivity index (χ2v) is 18.3. The number of hydrogen-bond acceptors (Lipinski definition) is 14. The number of carbonyl (C=O) groups excluding carboxylic acids is 4. The highest BCUT2D eigenvalue weighted by Gasteiger charge is 2.25. The molecule has 66 heavy (non-hydrogen) atoms. The molecule has 0 amide bonds. The van der Waals surface area contributed by atoms with Gasteiger partial charge in [0.25, 0.3) is 0 Å². The molecule has 1 aliphatic carbocycles.